The Balaban J connectivity index is 1.59. The number of rotatable bonds is 4. The molecule has 2 nitrogen and oxygen atoms in total. The van der Waals surface area contributed by atoms with Gasteiger partial charge < -0.3 is 5.32 Å². The summed E-state index contributed by atoms with van der Waals surface area (Å²) in [6.45, 7) is 0. The maximum atomic E-state index is 6.29. The Labute approximate surface area is 197 Å². The number of nitrogens with one attached hydrogen (secondary N) is 1. The fraction of sp³-hybridized carbons (Fsp3) is 0.0357. The maximum Gasteiger partial charge on any atom is 0.134 e. The highest BCUT2D eigenvalue weighted by molar-refractivity contribution is 6.34. The van der Waals surface area contributed by atoms with Crippen LogP contribution >= 0.6 is 23.2 Å². The molecule has 1 heterocycles. The molecule has 5 rings (SSSR count). The summed E-state index contributed by atoms with van der Waals surface area (Å²) in [5.74, 6) is 0.814. The van der Waals surface area contributed by atoms with E-state index in [0.717, 1.165) is 28.2 Å². The van der Waals surface area contributed by atoms with Crippen LogP contribution in [-0.4, -0.2) is 5.84 Å². The molecule has 0 saturated heterocycles. The van der Waals surface area contributed by atoms with Crippen molar-refractivity contribution in [2.24, 2.45) is 4.99 Å². The lowest BCUT2D eigenvalue weighted by atomic mass is 9.96. The summed E-state index contributed by atoms with van der Waals surface area (Å²) in [7, 11) is 0. The number of benzene rings is 4. The Morgan fingerprint density at radius 2 is 1.22 bits per heavy atom. The van der Waals surface area contributed by atoms with Gasteiger partial charge in [0.15, 0.2) is 0 Å². The molecule has 4 aromatic carbocycles. The molecule has 1 aliphatic rings. The van der Waals surface area contributed by atoms with Gasteiger partial charge in [-0.3, -0.25) is 0 Å². The molecule has 4 aromatic rings. The quantitative estimate of drug-likeness (QED) is 0.334. The molecular weight excluding hydrogens is 435 g/mol. The van der Waals surface area contributed by atoms with E-state index in [9.17, 15) is 0 Å². The largest absolute Gasteiger partial charge is 0.359 e. The zero-order chi connectivity index (χ0) is 21.9. The van der Waals surface area contributed by atoms with E-state index in [-0.39, 0.29) is 6.04 Å². The average Bonchev–Trinajstić information content (AvgIpc) is 2.84. The van der Waals surface area contributed by atoms with Crippen molar-refractivity contribution in [1.82, 2.24) is 5.32 Å². The van der Waals surface area contributed by atoms with Crippen LogP contribution in [0.15, 0.2) is 114 Å². The molecule has 1 atom stereocenters. The van der Waals surface area contributed by atoms with Crippen molar-refractivity contribution >= 4 is 34.7 Å². The van der Waals surface area contributed by atoms with Crippen molar-refractivity contribution in [2.45, 2.75) is 6.04 Å². The summed E-state index contributed by atoms with van der Waals surface area (Å²) in [5.41, 5.74) is 6.27. The molecular formula is C28H20Cl2N2. The Morgan fingerprint density at radius 3 is 1.91 bits per heavy atom. The molecule has 32 heavy (non-hydrogen) atoms. The standard InChI is InChI=1S/C28H20Cl2N2/c29-24-15-23(16-25(30)17-24)27-18-26(31-28(32-27)20-10-5-2-6-11-20)22-13-7-12-21(14-22)19-8-3-1-4-9-19/h1-18,26H,(H,31,32). The SMILES string of the molecule is Clc1cc(Cl)cc(C2=CC(c3cccc(-c4ccccc4)c3)NC(c3ccccc3)=N2)c1. The van der Waals surface area contributed by atoms with Crippen molar-refractivity contribution in [2.75, 3.05) is 0 Å². The second kappa shape index (κ2) is 9.04. The van der Waals surface area contributed by atoms with E-state index < -0.39 is 0 Å². The highest BCUT2D eigenvalue weighted by atomic mass is 35.5. The topological polar surface area (TPSA) is 24.4 Å². The van der Waals surface area contributed by atoms with Gasteiger partial charge in [0, 0.05) is 21.2 Å². The summed E-state index contributed by atoms with van der Waals surface area (Å²) < 4.78 is 0. The Bertz CT molecular complexity index is 1290. The minimum Gasteiger partial charge on any atom is -0.359 e. The monoisotopic (exact) mass is 454 g/mol. The van der Waals surface area contributed by atoms with Crippen LogP contribution in [0, 0.1) is 0 Å². The molecule has 0 aliphatic carbocycles. The first-order valence-electron chi connectivity index (χ1n) is 10.4. The van der Waals surface area contributed by atoms with Gasteiger partial charge in [-0.25, -0.2) is 4.99 Å². The summed E-state index contributed by atoms with van der Waals surface area (Å²) in [6, 6.07) is 34.6. The van der Waals surface area contributed by atoms with E-state index in [4.69, 9.17) is 28.2 Å². The molecule has 4 heteroatoms. The zero-order valence-corrected chi connectivity index (χ0v) is 18.7. The van der Waals surface area contributed by atoms with Crippen LogP contribution in [0.2, 0.25) is 10.0 Å². The molecule has 156 valence electrons. The van der Waals surface area contributed by atoms with Crippen LogP contribution in [0.5, 0.6) is 0 Å². The predicted octanol–water partition coefficient (Wildman–Crippen LogP) is 7.79. The van der Waals surface area contributed by atoms with Crippen molar-refractivity contribution < 1.29 is 0 Å². The molecule has 0 radical (unpaired) electrons. The second-order valence-corrected chi connectivity index (χ2v) is 8.52. The lowest BCUT2D eigenvalue weighted by Gasteiger charge is -2.25. The molecule has 0 saturated carbocycles. The molecule has 0 amide bonds. The molecule has 1 N–H and O–H groups in total. The third kappa shape index (κ3) is 4.47. The van der Waals surface area contributed by atoms with Crippen LogP contribution in [-0.2, 0) is 0 Å². The van der Waals surface area contributed by atoms with Gasteiger partial charge in [0.2, 0.25) is 0 Å². The minimum atomic E-state index is -0.0564. The minimum absolute atomic E-state index is 0.0564. The first-order valence-corrected chi connectivity index (χ1v) is 11.2. The molecule has 1 unspecified atom stereocenters. The number of nitrogens with zero attached hydrogens (tertiary/aromatic N) is 1. The average molecular weight is 455 g/mol. The Kier molecular flexibility index (Phi) is 5.81. The molecule has 0 spiro atoms. The van der Waals surface area contributed by atoms with Crippen LogP contribution in [0.3, 0.4) is 0 Å². The van der Waals surface area contributed by atoms with Gasteiger partial charge in [-0.1, -0.05) is 102 Å². The van der Waals surface area contributed by atoms with E-state index >= 15 is 0 Å². The molecule has 0 fully saturated rings. The van der Waals surface area contributed by atoms with Gasteiger partial charge in [0.1, 0.15) is 5.84 Å². The summed E-state index contributed by atoms with van der Waals surface area (Å²) in [5, 5.41) is 4.78. The fourth-order valence-electron chi connectivity index (χ4n) is 3.87. The van der Waals surface area contributed by atoms with E-state index in [1.54, 1.807) is 6.07 Å². The molecule has 0 bridgehead atoms. The molecule has 1 aliphatic heterocycles. The Morgan fingerprint density at radius 1 is 0.594 bits per heavy atom. The van der Waals surface area contributed by atoms with E-state index in [2.05, 4.69) is 72.1 Å². The normalized spacial score (nSPS) is 15.5. The Hall–Kier alpha value is -3.33. The number of halogens is 2. The fourth-order valence-corrected chi connectivity index (χ4v) is 4.39. The highest BCUT2D eigenvalue weighted by Gasteiger charge is 2.20. The number of hydrogen-bond donors (Lipinski definition) is 1. The van der Waals surface area contributed by atoms with E-state index in [0.29, 0.717) is 10.0 Å². The number of aliphatic imine (C=N–C) groups is 1. The van der Waals surface area contributed by atoms with Gasteiger partial charge in [-0.15, -0.1) is 0 Å². The van der Waals surface area contributed by atoms with Crippen LogP contribution in [0.4, 0.5) is 0 Å². The number of hydrogen-bond acceptors (Lipinski definition) is 2. The third-order valence-electron chi connectivity index (χ3n) is 5.41. The van der Waals surface area contributed by atoms with E-state index in [1.165, 1.54) is 11.1 Å². The second-order valence-electron chi connectivity index (χ2n) is 7.65. The summed E-state index contributed by atoms with van der Waals surface area (Å²) in [6.07, 6.45) is 2.12. The summed E-state index contributed by atoms with van der Waals surface area (Å²) in [4.78, 5) is 4.91. The van der Waals surface area contributed by atoms with Gasteiger partial charge in [-0.05, 0) is 47.0 Å². The van der Waals surface area contributed by atoms with Crippen molar-refractivity contribution in [1.29, 1.82) is 0 Å². The van der Waals surface area contributed by atoms with Crippen molar-refractivity contribution in [3.63, 3.8) is 0 Å². The van der Waals surface area contributed by atoms with Crippen LogP contribution < -0.4 is 5.32 Å². The van der Waals surface area contributed by atoms with Crippen LogP contribution in [0.25, 0.3) is 16.8 Å². The number of amidine groups is 1. The molecule has 0 aromatic heterocycles. The lowest BCUT2D eigenvalue weighted by molar-refractivity contribution is 0.781. The first-order chi connectivity index (χ1) is 15.7. The maximum absolute atomic E-state index is 6.29. The van der Waals surface area contributed by atoms with Gasteiger partial charge in [-0.2, -0.15) is 0 Å². The predicted molar refractivity (Wildman–Crippen MR) is 135 cm³/mol. The lowest BCUT2D eigenvalue weighted by Crippen LogP contribution is -2.31. The highest BCUT2D eigenvalue weighted by Crippen LogP contribution is 2.32. The van der Waals surface area contributed by atoms with Crippen molar-refractivity contribution in [3.05, 3.63) is 136 Å². The van der Waals surface area contributed by atoms with E-state index in [1.807, 2.05) is 36.4 Å². The van der Waals surface area contributed by atoms with Gasteiger partial charge in [0.25, 0.3) is 0 Å². The smallest absolute Gasteiger partial charge is 0.134 e. The van der Waals surface area contributed by atoms with Gasteiger partial charge in [0.05, 0.1) is 11.7 Å². The van der Waals surface area contributed by atoms with Crippen molar-refractivity contribution in [3.8, 4) is 11.1 Å². The first kappa shape index (κ1) is 20.6. The van der Waals surface area contributed by atoms with Gasteiger partial charge >= 0.3 is 0 Å². The zero-order valence-electron chi connectivity index (χ0n) is 17.2. The summed E-state index contributed by atoms with van der Waals surface area (Å²) >= 11 is 12.6. The van der Waals surface area contributed by atoms with Crippen LogP contribution in [0.1, 0.15) is 22.7 Å². The third-order valence-corrected chi connectivity index (χ3v) is 5.84.